The molecule has 3 aromatic rings. The number of ether oxygens (including phenoxy) is 3. The second-order valence-electron chi connectivity index (χ2n) is 6.47. The molecule has 0 saturated heterocycles. The number of benzene rings is 3. The van der Waals surface area contributed by atoms with E-state index in [1.165, 1.54) is 0 Å². The predicted molar refractivity (Wildman–Crippen MR) is 112 cm³/mol. The van der Waals surface area contributed by atoms with Crippen molar-refractivity contribution in [2.24, 2.45) is 0 Å². The highest BCUT2D eigenvalue weighted by Crippen LogP contribution is 2.17. The molecular weight excluding hydrogens is 382 g/mol. The highest BCUT2D eigenvalue weighted by atomic mass is 16.5. The van der Waals surface area contributed by atoms with E-state index in [0.29, 0.717) is 23.7 Å². The largest absolute Gasteiger partial charge is 0.496 e. The number of rotatable bonds is 9. The molecule has 3 rings (SSSR count). The number of hydrogen-bond donors (Lipinski definition) is 1. The Bertz CT molecular complexity index is 988. The molecule has 0 radical (unpaired) electrons. The molecule has 3 aromatic carbocycles. The SMILES string of the molecule is COc1ccccc1CNC(=O)COC(=O)c1cccc(OCc2ccccc2)c1. The fourth-order valence-corrected chi connectivity index (χ4v) is 2.76. The van der Waals surface area contributed by atoms with Gasteiger partial charge in [-0.25, -0.2) is 4.79 Å². The topological polar surface area (TPSA) is 73.9 Å². The summed E-state index contributed by atoms with van der Waals surface area (Å²) in [6, 6.07) is 23.8. The lowest BCUT2D eigenvalue weighted by atomic mass is 10.2. The zero-order valence-electron chi connectivity index (χ0n) is 16.7. The van der Waals surface area contributed by atoms with Crippen molar-refractivity contribution in [3.8, 4) is 11.5 Å². The van der Waals surface area contributed by atoms with Crippen molar-refractivity contribution in [2.75, 3.05) is 13.7 Å². The summed E-state index contributed by atoms with van der Waals surface area (Å²) >= 11 is 0. The summed E-state index contributed by atoms with van der Waals surface area (Å²) in [5.41, 5.74) is 2.18. The number of methoxy groups -OCH3 is 1. The van der Waals surface area contributed by atoms with Crippen LogP contribution >= 0.6 is 0 Å². The molecule has 0 saturated carbocycles. The third kappa shape index (κ3) is 6.10. The highest BCUT2D eigenvalue weighted by molar-refractivity contribution is 5.91. The molecule has 1 N–H and O–H groups in total. The maximum absolute atomic E-state index is 12.3. The molecule has 0 unspecified atom stereocenters. The van der Waals surface area contributed by atoms with Gasteiger partial charge in [0.15, 0.2) is 6.61 Å². The van der Waals surface area contributed by atoms with Gasteiger partial charge in [0.05, 0.1) is 12.7 Å². The van der Waals surface area contributed by atoms with Gasteiger partial charge in [-0.1, -0.05) is 54.6 Å². The molecule has 0 aliphatic carbocycles. The molecule has 0 aliphatic heterocycles. The molecule has 0 spiro atoms. The summed E-state index contributed by atoms with van der Waals surface area (Å²) in [7, 11) is 1.57. The Morgan fingerprint density at radius 3 is 2.47 bits per heavy atom. The number of amides is 1. The van der Waals surface area contributed by atoms with Crippen LogP contribution in [0.4, 0.5) is 0 Å². The molecule has 1 amide bonds. The first kappa shape index (κ1) is 20.9. The number of para-hydroxylation sites is 1. The van der Waals surface area contributed by atoms with E-state index in [2.05, 4.69) is 5.32 Å². The van der Waals surface area contributed by atoms with Crippen LogP contribution in [0.1, 0.15) is 21.5 Å². The van der Waals surface area contributed by atoms with E-state index in [4.69, 9.17) is 14.2 Å². The molecule has 6 nitrogen and oxygen atoms in total. The van der Waals surface area contributed by atoms with Crippen LogP contribution in [0, 0.1) is 0 Å². The molecule has 0 heterocycles. The van der Waals surface area contributed by atoms with E-state index < -0.39 is 11.9 Å². The Morgan fingerprint density at radius 1 is 0.900 bits per heavy atom. The number of esters is 1. The normalized spacial score (nSPS) is 10.2. The van der Waals surface area contributed by atoms with Gasteiger partial charge >= 0.3 is 5.97 Å². The first-order chi connectivity index (χ1) is 14.7. The lowest BCUT2D eigenvalue weighted by Crippen LogP contribution is -2.28. The van der Waals surface area contributed by atoms with Crippen LogP contribution in [0.5, 0.6) is 11.5 Å². The van der Waals surface area contributed by atoms with Crippen LogP contribution in [0.2, 0.25) is 0 Å². The van der Waals surface area contributed by atoms with Crippen molar-refractivity contribution in [3.05, 3.63) is 95.6 Å². The molecule has 0 atom stereocenters. The van der Waals surface area contributed by atoms with E-state index in [1.54, 1.807) is 31.4 Å². The maximum atomic E-state index is 12.3. The molecule has 6 heteroatoms. The summed E-state index contributed by atoms with van der Waals surface area (Å²) in [5.74, 6) is 0.245. The van der Waals surface area contributed by atoms with Crippen LogP contribution in [-0.4, -0.2) is 25.6 Å². The monoisotopic (exact) mass is 405 g/mol. The van der Waals surface area contributed by atoms with Crippen molar-refractivity contribution in [1.29, 1.82) is 0 Å². The van der Waals surface area contributed by atoms with Crippen molar-refractivity contribution in [3.63, 3.8) is 0 Å². The number of carbonyl (C=O) groups is 2. The fraction of sp³-hybridized carbons (Fsp3) is 0.167. The van der Waals surface area contributed by atoms with Crippen molar-refractivity contribution in [1.82, 2.24) is 5.32 Å². The van der Waals surface area contributed by atoms with E-state index in [0.717, 1.165) is 11.1 Å². The van der Waals surface area contributed by atoms with Crippen LogP contribution in [0.25, 0.3) is 0 Å². The Hall–Kier alpha value is -3.80. The van der Waals surface area contributed by atoms with E-state index >= 15 is 0 Å². The average Bonchev–Trinajstić information content (AvgIpc) is 2.80. The fourth-order valence-electron chi connectivity index (χ4n) is 2.76. The number of hydrogen-bond acceptors (Lipinski definition) is 5. The minimum Gasteiger partial charge on any atom is -0.496 e. The van der Waals surface area contributed by atoms with Crippen LogP contribution in [-0.2, 0) is 22.7 Å². The van der Waals surface area contributed by atoms with Gasteiger partial charge < -0.3 is 19.5 Å². The van der Waals surface area contributed by atoms with Gasteiger partial charge in [0.25, 0.3) is 5.91 Å². The predicted octanol–water partition coefficient (Wildman–Crippen LogP) is 3.75. The van der Waals surface area contributed by atoms with Gasteiger partial charge in [-0.15, -0.1) is 0 Å². The molecular formula is C24H23NO5. The third-order valence-corrected chi connectivity index (χ3v) is 4.32. The second-order valence-corrected chi connectivity index (χ2v) is 6.47. The van der Waals surface area contributed by atoms with Crippen LogP contribution in [0.15, 0.2) is 78.9 Å². The summed E-state index contributed by atoms with van der Waals surface area (Å²) in [6.07, 6.45) is 0. The van der Waals surface area contributed by atoms with Gasteiger partial charge in [0, 0.05) is 12.1 Å². The zero-order valence-corrected chi connectivity index (χ0v) is 16.7. The quantitative estimate of drug-likeness (QED) is 0.549. The summed E-state index contributed by atoms with van der Waals surface area (Å²) in [4.78, 5) is 24.3. The number of carbonyl (C=O) groups excluding carboxylic acids is 2. The summed E-state index contributed by atoms with van der Waals surface area (Å²) in [6.45, 7) is 0.303. The minimum atomic E-state index is -0.590. The van der Waals surface area contributed by atoms with Gasteiger partial charge in [0.1, 0.15) is 18.1 Å². The Morgan fingerprint density at radius 2 is 1.67 bits per heavy atom. The lowest BCUT2D eigenvalue weighted by molar-refractivity contribution is -0.124. The first-order valence-corrected chi connectivity index (χ1v) is 9.48. The average molecular weight is 405 g/mol. The smallest absolute Gasteiger partial charge is 0.338 e. The van der Waals surface area contributed by atoms with Crippen molar-refractivity contribution < 1.29 is 23.8 Å². The number of nitrogens with one attached hydrogen (secondary N) is 1. The molecule has 0 aromatic heterocycles. The lowest BCUT2D eigenvalue weighted by Gasteiger charge is -2.10. The van der Waals surface area contributed by atoms with Crippen molar-refractivity contribution in [2.45, 2.75) is 13.2 Å². The van der Waals surface area contributed by atoms with E-state index in [1.807, 2.05) is 54.6 Å². The van der Waals surface area contributed by atoms with Gasteiger partial charge in [-0.3, -0.25) is 4.79 Å². The van der Waals surface area contributed by atoms with Gasteiger partial charge in [-0.2, -0.15) is 0 Å². The Kier molecular flexibility index (Phi) is 7.44. The summed E-state index contributed by atoms with van der Waals surface area (Å²) < 4.78 is 16.1. The van der Waals surface area contributed by atoms with E-state index in [-0.39, 0.29) is 13.2 Å². The molecule has 0 bridgehead atoms. The second kappa shape index (κ2) is 10.7. The molecule has 0 fully saturated rings. The maximum Gasteiger partial charge on any atom is 0.338 e. The van der Waals surface area contributed by atoms with Crippen molar-refractivity contribution >= 4 is 11.9 Å². The molecule has 30 heavy (non-hydrogen) atoms. The molecule has 154 valence electrons. The van der Waals surface area contributed by atoms with Gasteiger partial charge in [-0.05, 0) is 29.8 Å². The third-order valence-electron chi connectivity index (χ3n) is 4.32. The molecule has 0 aliphatic rings. The highest BCUT2D eigenvalue weighted by Gasteiger charge is 2.12. The Balaban J connectivity index is 1.47. The first-order valence-electron chi connectivity index (χ1n) is 9.48. The summed E-state index contributed by atoms with van der Waals surface area (Å²) in [5, 5.41) is 2.71. The van der Waals surface area contributed by atoms with Gasteiger partial charge in [0.2, 0.25) is 0 Å². The van der Waals surface area contributed by atoms with E-state index in [9.17, 15) is 9.59 Å². The van der Waals surface area contributed by atoms with Crippen LogP contribution in [0.3, 0.4) is 0 Å². The Labute approximate surface area is 175 Å². The standard InChI is InChI=1S/C24H23NO5/c1-28-22-13-6-5-10-20(22)15-25-23(26)17-30-24(27)19-11-7-12-21(14-19)29-16-18-8-3-2-4-9-18/h2-14H,15-17H2,1H3,(H,25,26). The zero-order chi connectivity index (χ0) is 21.2. The minimum absolute atomic E-state index is 0.281. The van der Waals surface area contributed by atoms with Crippen LogP contribution < -0.4 is 14.8 Å².